The standard InChI is InChI=1S/C18H16FN3O2/c1-24-17-5-3-2-4-16(17)22-18(23)14(10-20)12-21-11-13-6-8-15(19)9-7-13/h2-9,12,21H,11H2,1H3,(H,22,23)/b14-12-. The molecule has 0 fully saturated rings. The average molecular weight is 325 g/mol. The molecule has 0 aliphatic rings. The third kappa shape index (κ3) is 4.58. The van der Waals surface area contributed by atoms with E-state index >= 15 is 0 Å². The first-order valence-electron chi connectivity index (χ1n) is 7.16. The van der Waals surface area contributed by atoms with Gasteiger partial charge in [-0.2, -0.15) is 5.26 Å². The van der Waals surface area contributed by atoms with E-state index in [1.807, 2.05) is 6.07 Å². The number of nitrogens with one attached hydrogen (secondary N) is 2. The fraction of sp³-hybridized carbons (Fsp3) is 0.111. The van der Waals surface area contributed by atoms with E-state index in [9.17, 15) is 9.18 Å². The second-order valence-electron chi connectivity index (χ2n) is 4.83. The minimum absolute atomic E-state index is 0.0805. The van der Waals surface area contributed by atoms with Gasteiger partial charge in [-0.15, -0.1) is 0 Å². The Labute approximate surface area is 139 Å². The number of benzene rings is 2. The van der Waals surface area contributed by atoms with Crippen molar-refractivity contribution in [2.75, 3.05) is 12.4 Å². The molecule has 0 radical (unpaired) electrons. The van der Waals surface area contributed by atoms with E-state index in [2.05, 4.69) is 10.6 Å². The van der Waals surface area contributed by atoms with Gasteiger partial charge in [-0.1, -0.05) is 24.3 Å². The van der Waals surface area contributed by atoms with E-state index < -0.39 is 5.91 Å². The minimum Gasteiger partial charge on any atom is -0.495 e. The number of hydrogen-bond donors (Lipinski definition) is 2. The second kappa shape index (κ2) is 8.34. The molecule has 1 amide bonds. The number of halogens is 1. The fourth-order valence-corrected chi connectivity index (χ4v) is 1.96. The summed E-state index contributed by atoms with van der Waals surface area (Å²) in [5, 5.41) is 14.6. The number of nitriles is 1. The number of carbonyl (C=O) groups is 1. The van der Waals surface area contributed by atoms with Crippen molar-refractivity contribution in [3.8, 4) is 11.8 Å². The summed E-state index contributed by atoms with van der Waals surface area (Å²) in [7, 11) is 1.50. The summed E-state index contributed by atoms with van der Waals surface area (Å²) in [6, 6.07) is 14.7. The van der Waals surface area contributed by atoms with Crippen molar-refractivity contribution in [3.63, 3.8) is 0 Å². The van der Waals surface area contributed by atoms with Crippen LogP contribution in [0, 0.1) is 17.1 Å². The Morgan fingerprint density at radius 2 is 1.96 bits per heavy atom. The van der Waals surface area contributed by atoms with Gasteiger partial charge in [-0.25, -0.2) is 4.39 Å². The lowest BCUT2D eigenvalue weighted by Crippen LogP contribution is -2.17. The van der Waals surface area contributed by atoms with E-state index in [0.717, 1.165) is 5.56 Å². The van der Waals surface area contributed by atoms with Gasteiger partial charge in [0.1, 0.15) is 23.2 Å². The SMILES string of the molecule is COc1ccccc1NC(=O)/C(C#N)=C\NCc1ccc(F)cc1. The first kappa shape index (κ1) is 17.0. The second-order valence-corrected chi connectivity index (χ2v) is 4.83. The molecule has 122 valence electrons. The molecular formula is C18H16FN3O2. The Morgan fingerprint density at radius 3 is 2.62 bits per heavy atom. The van der Waals surface area contributed by atoms with E-state index in [4.69, 9.17) is 10.00 Å². The van der Waals surface area contributed by atoms with Crippen LogP contribution in [0.25, 0.3) is 0 Å². The Kier molecular flexibility index (Phi) is 5.92. The van der Waals surface area contributed by atoms with Gasteiger partial charge in [0.05, 0.1) is 12.8 Å². The molecule has 0 saturated heterocycles. The number of nitrogens with zero attached hydrogens (tertiary/aromatic N) is 1. The van der Waals surface area contributed by atoms with Crippen LogP contribution in [-0.2, 0) is 11.3 Å². The highest BCUT2D eigenvalue weighted by atomic mass is 19.1. The lowest BCUT2D eigenvalue weighted by Gasteiger charge is -2.09. The van der Waals surface area contributed by atoms with E-state index in [0.29, 0.717) is 18.0 Å². The highest BCUT2D eigenvalue weighted by Gasteiger charge is 2.11. The summed E-state index contributed by atoms with van der Waals surface area (Å²) in [5.74, 6) is -0.362. The molecule has 0 spiro atoms. The number of carbonyl (C=O) groups excluding carboxylic acids is 1. The van der Waals surface area contributed by atoms with Crippen LogP contribution in [0.4, 0.5) is 10.1 Å². The average Bonchev–Trinajstić information content (AvgIpc) is 2.60. The van der Waals surface area contributed by atoms with Gasteiger partial charge in [0.15, 0.2) is 0 Å². The number of rotatable bonds is 6. The largest absolute Gasteiger partial charge is 0.495 e. The zero-order valence-corrected chi connectivity index (χ0v) is 13.0. The van der Waals surface area contributed by atoms with Crippen LogP contribution in [0.3, 0.4) is 0 Å². The first-order chi connectivity index (χ1) is 11.6. The van der Waals surface area contributed by atoms with Crippen LogP contribution in [0.1, 0.15) is 5.56 Å². The van der Waals surface area contributed by atoms with Gasteiger partial charge in [-0.3, -0.25) is 4.79 Å². The van der Waals surface area contributed by atoms with Gasteiger partial charge < -0.3 is 15.4 Å². The number of amides is 1. The van der Waals surface area contributed by atoms with Crippen molar-refractivity contribution < 1.29 is 13.9 Å². The van der Waals surface area contributed by atoms with Crippen molar-refractivity contribution in [1.29, 1.82) is 5.26 Å². The molecule has 0 unspecified atom stereocenters. The molecule has 2 rings (SSSR count). The molecule has 5 nitrogen and oxygen atoms in total. The van der Waals surface area contributed by atoms with Crippen molar-refractivity contribution >= 4 is 11.6 Å². The van der Waals surface area contributed by atoms with Crippen LogP contribution in [0.15, 0.2) is 60.3 Å². The fourth-order valence-electron chi connectivity index (χ4n) is 1.96. The van der Waals surface area contributed by atoms with Gasteiger partial charge in [0.2, 0.25) is 0 Å². The van der Waals surface area contributed by atoms with E-state index in [1.165, 1.54) is 25.4 Å². The molecule has 0 aliphatic heterocycles. The molecule has 0 saturated carbocycles. The van der Waals surface area contributed by atoms with Gasteiger partial charge in [-0.05, 0) is 29.8 Å². The van der Waals surface area contributed by atoms with Crippen molar-refractivity contribution in [2.24, 2.45) is 0 Å². The Bertz CT molecular complexity index is 780. The van der Waals surface area contributed by atoms with E-state index in [1.54, 1.807) is 36.4 Å². The molecule has 0 atom stereocenters. The predicted octanol–water partition coefficient (Wildman–Crippen LogP) is 2.97. The summed E-state index contributed by atoms with van der Waals surface area (Å²) >= 11 is 0. The Balaban J connectivity index is 2.00. The highest BCUT2D eigenvalue weighted by molar-refractivity contribution is 6.07. The van der Waals surface area contributed by atoms with Crippen LogP contribution in [0.2, 0.25) is 0 Å². The van der Waals surface area contributed by atoms with Crippen LogP contribution in [-0.4, -0.2) is 13.0 Å². The summed E-state index contributed by atoms with van der Waals surface area (Å²) in [4.78, 5) is 12.2. The molecule has 2 N–H and O–H groups in total. The first-order valence-corrected chi connectivity index (χ1v) is 7.16. The molecule has 0 bridgehead atoms. The lowest BCUT2D eigenvalue weighted by atomic mass is 10.2. The van der Waals surface area contributed by atoms with Gasteiger partial charge in [0.25, 0.3) is 5.91 Å². The molecule has 2 aromatic rings. The van der Waals surface area contributed by atoms with Crippen LogP contribution in [0.5, 0.6) is 5.75 Å². The van der Waals surface area contributed by atoms with Gasteiger partial charge >= 0.3 is 0 Å². The van der Waals surface area contributed by atoms with Gasteiger partial charge in [0, 0.05) is 12.7 Å². The Hall–Kier alpha value is -3.33. The quantitative estimate of drug-likeness (QED) is 0.632. The van der Waals surface area contributed by atoms with Crippen molar-refractivity contribution in [2.45, 2.75) is 6.54 Å². The molecule has 6 heteroatoms. The number of methoxy groups -OCH3 is 1. The molecule has 0 aromatic heterocycles. The third-order valence-corrected chi connectivity index (χ3v) is 3.19. The highest BCUT2D eigenvalue weighted by Crippen LogP contribution is 2.23. The maximum absolute atomic E-state index is 12.8. The predicted molar refractivity (Wildman–Crippen MR) is 88.6 cm³/mol. The molecule has 0 heterocycles. The molecule has 24 heavy (non-hydrogen) atoms. The molecular weight excluding hydrogens is 309 g/mol. The van der Waals surface area contributed by atoms with Crippen molar-refractivity contribution in [1.82, 2.24) is 5.32 Å². The maximum Gasteiger partial charge on any atom is 0.267 e. The number of anilines is 1. The smallest absolute Gasteiger partial charge is 0.267 e. The summed E-state index contributed by atoms with van der Waals surface area (Å²) in [6.45, 7) is 0.368. The number of para-hydroxylation sites is 2. The Morgan fingerprint density at radius 1 is 1.25 bits per heavy atom. The molecule has 2 aromatic carbocycles. The monoisotopic (exact) mass is 325 g/mol. The summed E-state index contributed by atoms with van der Waals surface area (Å²) < 4.78 is 18.0. The maximum atomic E-state index is 12.8. The van der Waals surface area contributed by atoms with Crippen LogP contribution < -0.4 is 15.4 Å². The minimum atomic E-state index is -0.548. The number of ether oxygens (including phenoxy) is 1. The number of hydrogen-bond acceptors (Lipinski definition) is 4. The molecule has 0 aliphatic carbocycles. The normalized spacial score (nSPS) is 10.6. The van der Waals surface area contributed by atoms with E-state index in [-0.39, 0.29) is 11.4 Å². The summed E-state index contributed by atoms with van der Waals surface area (Å²) in [5.41, 5.74) is 1.22. The summed E-state index contributed by atoms with van der Waals surface area (Å²) in [6.07, 6.45) is 1.33. The van der Waals surface area contributed by atoms with Crippen molar-refractivity contribution in [3.05, 3.63) is 71.7 Å². The lowest BCUT2D eigenvalue weighted by molar-refractivity contribution is -0.112. The third-order valence-electron chi connectivity index (χ3n) is 3.19. The zero-order valence-electron chi connectivity index (χ0n) is 13.0. The topological polar surface area (TPSA) is 74.1 Å². The zero-order chi connectivity index (χ0) is 17.4. The van der Waals surface area contributed by atoms with Crippen LogP contribution >= 0.6 is 0 Å².